The average molecular weight is 373 g/mol. The molecule has 1 aromatic carbocycles. The topological polar surface area (TPSA) is 84.2 Å². The molecule has 0 saturated carbocycles. The first-order valence-corrected chi connectivity index (χ1v) is 9.87. The first-order chi connectivity index (χ1) is 12.5. The van der Waals surface area contributed by atoms with Gasteiger partial charge in [-0.05, 0) is 62.3 Å². The zero-order valence-electron chi connectivity index (χ0n) is 15.0. The van der Waals surface area contributed by atoms with Gasteiger partial charge in [-0.25, -0.2) is 4.68 Å². The van der Waals surface area contributed by atoms with E-state index in [-0.39, 0.29) is 18.4 Å². The van der Waals surface area contributed by atoms with E-state index in [1.165, 1.54) is 0 Å². The molecule has 1 atom stereocenters. The van der Waals surface area contributed by atoms with Gasteiger partial charge in [-0.15, -0.1) is 0 Å². The van der Waals surface area contributed by atoms with Crippen LogP contribution >= 0.6 is 11.8 Å². The second-order valence-corrected chi connectivity index (χ2v) is 7.69. The Kier molecular flexibility index (Phi) is 5.66. The van der Waals surface area contributed by atoms with Crippen LogP contribution in [0.2, 0.25) is 0 Å². The number of aliphatic carboxylic acids is 1. The summed E-state index contributed by atoms with van der Waals surface area (Å²) >= 11 is 1.87. The normalized spacial score (nSPS) is 16.6. The van der Waals surface area contributed by atoms with Gasteiger partial charge in [0.15, 0.2) is 0 Å². The highest BCUT2D eigenvalue weighted by Crippen LogP contribution is 2.21. The minimum absolute atomic E-state index is 0.0421. The maximum absolute atomic E-state index is 12.3. The van der Waals surface area contributed by atoms with Crippen LogP contribution < -0.4 is 5.32 Å². The van der Waals surface area contributed by atoms with Crippen molar-refractivity contribution >= 4 is 23.6 Å². The summed E-state index contributed by atoms with van der Waals surface area (Å²) in [6, 6.07) is 7.62. The molecule has 1 saturated heterocycles. The molecule has 6 nitrogen and oxygen atoms in total. The molecule has 0 bridgehead atoms. The molecule has 7 heteroatoms. The summed E-state index contributed by atoms with van der Waals surface area (Å²) in [5.74, 6) is 1.23. The third-order valence-corrected chi connectivity index (χ3v) is 5.83. The van der Waals surface area contributed by atoms with Crippen molar-refractivity contribution in [2.75, 3.05) is 11.5 Å². The molecule has 26 heavy (non-hydrogen) atoms. The van der Waals surface area contributed by atoms with Gasteiger partial charge in [-0.1, -0.05) is 0 Å². The lowest BCUT2D eigenvalue weighted by Crippen LogP contribution is -2.34. The number of rotatable bonds is 6. The molecule has 0 radical (unpaired) electrons. The van der Waals surface area contributed by atoms with E-state index in [9.17, 15) is 9.59 Å². The highest BCUT2D eigenvalue weighted by atomic mass is 32.2. The molecule has 1 aliphatic rings. The Bertz CT molecular complexity index is 808. The largest absolute Gasteiger partial charge is 0.481 e. The number of hydrogen-bond donors (Lipinski definition) is 2. The van der Waals surface area contributed by atoms with Gasteiger partial charge in [0.05, 0.1) is 11.4 Å². The Balaban J connectivity index is 1.75. The van der Waals surface area contributed by atoms with Crippen LogP contribution in [0.5, 0.6) is 0 Å². The van der Waals surface area contributed by atoms with E-state index in [2.05, 4.69) is 10.4 Å². The Morgan fingerprint density at radius 1 is 1.31 bits per heavy atom. The van der Waals surface area contributed by atoms with E-state index in [0.29, 0.717) is 12.0 Å². The number of amides is 1. The zero-order chi connectivity index (χ0) is 18.7. The summed E-state index contributed by atoms with van der Waals surface area (Å²) < 4.78 is 1.81. The molecule has 1 aliphatic heterocycles. The fourth-order valence-electron chi connectivity index (χ4n) is 3.19. The monoisotopic (exact) mass is 373 g/mol. The summed E-state index contributed by atoms with van der Waals surface area (Å²) in [6.07, 6.45) is 1.58. The van der Waals surface area contributed by atoms with Crippen molar-refractivity contribution in [3.8, 4) is 5.69 Å². The zero-order valence-corrected chi connectivity index (χ0v) is 15.8. The Labute approximate surface area is 157 Å². The number of nitrogens with one attached hydrogen (secondary N) is 1. The average Bonchev–Trinajstić information content (AvgIpc) is 3.21. The van der Waals surface area contributed by atoms with Crippen molar-refractivity contribution in [1.82, 2.24) is 15.1 Å². The molecular weight excluding hydrogens is 350 g/mol. The number of carboxylic acids is 1. The van der Waals surface area contributed by atoms with Crippen LogP contribution in [0.4, 0.5) is 0 Å². The third-order valence-electron chi connectivity index (χ3n) is 4.67. The van der Waals surface area contributed by atoms with Gasteiger partial charge in [-0.3, -0.25) is 9.59 Å². The lowest BCUT2D eigenvalue weighted by molar-refractivity contribution is -0.136. The number of carbonyl (C=O) groups is 2. The minimum Gasteiger partial charge on any atom is -0.481 e. The van der Waals surface area contributed by atoms with Crippen LogP contribution in [-0.4, -0.2) is 44.3 Å². The summed E-state index contributed by atoms with van der Waals surface area (Å²) in [5, 5.41) is 16.5. The van der Waals surface area contributed by atoms with Crippen molar-refractivity contribution in [3.63, 3.8) is 0 Å². The molecule has 2 aromatic rings. The molecular formula is C19H23N3O3S. The molecule has 0 spiro atoms. The van der Waals surface area contributed by atoms with E-state index in [1.54, 1.807) is 12.1 Å². The van der Waals surface area contributed by atoms with Crippen molar-refractivity contribution in [2.24, 2.45) is 0 Å². The van der Waals surface area contributed by atoms with Gasteiger partial charge in [0.1, 0.15) is 0 Å². The highest BCUT2D eigenvalue weighted by molar-refractivity contribution is 7.99. The van der Waals surface area contributed by atoms with E-state index in [1.807, 2.05) is 42.4 Å². The molecule has 1 unspecified atom stereocenters. The standard InChI is InChI=1S/C19H23N3O3S/c1-12-17(7-8-18(23)24)13(2)22(21-12)16-5-3-14(4-6-16)19(25)20-15-9-10-26-11-15/h3-6,15H,7-11H2,1-2H3,(H,20,25)(H,23,24). The fourth-order valence-corrected chi connectivity index (χ4v) is 4.34. The number of nitrogens with zero attached hydrogens (tertiary/aromatic N) is 2. The van der Waals surface area contributed by atoms with Gasteiger partial charge in [0.25, 0.3) is 5.91 Å². The number of hydrogen-bond acceptors (Lipinski definition) is 4. The van der Waals surface area contributed by atoms with E-state index < -0.39 is 5.97 Å². The van der Waals surface area contributed by atoms with Crippen molar-refractivity contribution in [3.05, 3.63) is 46.8 Å². The molecule has 138 valence electrons. The minimum atomic E-state index is -0.812. The number of aryl methyl sites for hydroxylation is 1. The number of carboxylic acid groups (broad SMARTS) is 1. The molecule has 2 heterocycles. The lowest BCUT2D eigenvalue weighted by atomic mass is 10.1. The number of aromatic nitrogens is 2. The predicted molar refractivity (Wildman–Crippen MR) is 102 cm³/mol. The first kappa shape index (κ1) is 18.5. The van der Waals surface area contributed by atoms with Gasteiger partial charge in [-0.2, -0.15) is 16.9 Å². The Morgan fingerprint density at radius 3 is 2.65 bits per heavy atom. The number of thioether (sulfide) groups is 1. The highest BCUT2D eigenvalue weighted by Gasteiger charge is 2.19. The van der Waals surface area contributed by atoms with E-state index >= 15 is 0 Å². The van der Waals surface area contributed by atoms with Crippen LogP contribution in [0.1, 0.15) is 40.2 Å². The quantitative estimate of drug-likeness (QED) is 0.813. The summed E-state index contributed by atoms with van der Waals surface area (Å²) in [5.41, 5.74) is 4.24. The maximum Gasteiger partial charge on any atom is 0.303 e. The van der Waals surface area contributed by atoms with Crippen molar-refractivity contribution in [2.45, 2.75) is 39.2 Å². The van der Waals surface area contributed by atoms with Crippen LogP contribution in [0.15, 0.2) is 24.3 Å². The van der Waals surface area contributed by atoms with Gasteiger partial charge >= 0.3 is 5.97 Å². The van der Waals surface area contributed by atoms with Gasteiger partial charge < -0.3 is 10.4 Å². The van der Waals surface area contributed by atoms with Crippen molar-refractivity contribution < 1.29 is 14.7 Å². The third kappa shape index (κ3) is 4.09. The SMILES string of the molecule is Cc1nn(-c2ccc(C(=O)NC3CCSC3)cc2)c(C)c1CCC(=O)O. The molecule has 1 amide bonds. The van der Waals surface area contributed by atoms with Gasteiger partial charge in [0, 0.05) is 29.5 Å². The van der Waals surface area contributed by atoms with Crippen molar-refractivity contribution in [1.29, 1.82) is 0 Å². The number of benzene rings is 1. The fraction of sp³-hybridized carbons (Fsp3) is 0.421. The molecule has 3 rings (SSSR count). The van der Waals surface area contributed by atoms with E-state index in [0.717, 1.165) is 40.6 Å². The molecule has 0 aliphatic carbocycles. The summed E-state index contributed by atoms with van der Waals surface area (Å²) in [6.45, 7) is 3.83. The second kappa shape index (κ2) is 7.95. The molecule has 1 fully saturated rings. The predicted octanol–water partition coefficient (Wildman–Crippen LogP) is 2.74. The number of carbonyl (C=O) groups excluding carboxylic acids is 1. The smallest absolute Gasteiger partial charge is 0.303 e. The van der Waals surface area contributed by atoms with Crippen LogP contribution in [0.3, 0.4) is 0 Å². The molecule has 2 N–H and O–H groups in total. The first-order valence-electron chi connectivity index (χ1n) is 8.71. The van der Waals surface area contributed by atoms with Crippen LogP contribution in [0, 0.1) is 13.8 Å². The second-order valence-electron chi connectivity index (χ2n) is 6.54. The van der Waals surface area contributed by atoms with Gasteiger partial charge in [0.2, 0.25) is 0 Å². The van der Waals surface area contributed by atoms with E-state index in [4.69, 9.17) is 5.11 Å². The maximum atomic E-state index is 12.3. The summed E-state index contributed by atoms with van der Waals surface area (Å²) in [7, 11) is 0. The van der Waals surface area contributed by atoms with Crippen LogP contribution in [-0.2, 0) is 11.2 Å². The summed E-state index contributed by atoms with van der Waals surface area (Å²) in [4.78, 5) is 23.2. The Hall–Kier alpha value is -2.28. The Morgan fingerprint density at radius 2 is 2.04 bits per heavy atom. The molecule has 1 aromatic heterocycles. The lowest BCUT2D eigenvalue weighted by Gasteiger charge is -2.12. The van der Waals surface area contributed by atoms with Crippen LogP contribution in [0.25, 0.3) is 5.69 Å².